The third-order valence-corrected chi connectivity index (χ3v) is 4.93. The van der Waals surface area contributed by atoms with Crippen LogP contribution in [0.4, 0.5) is 4.39 Å². The zero-order valence-electron chi connectivity index (χ0n) is 15.0. The normalized spacial score (nSPS) is 20.4. The van der Waals surface area contributed by atoms with Crippen LogP contribution in [-0.4, -0.2) is 28.5 Å². The van der Waals surface area contributed by atoms with E-state index in [0.29, 0.717) is 16.9 Å². The highest BCUT2D eigenvalue weighted by Gasteiger charge is 2.44. The van der Waals surface area contributed by atoms with E-state index in [2.05, 4.69) is 5.32 Å². The number of halogens is 2. The average Bonchev–Trinajstić information content (AvgIpc) is 2.58. The number of nitrogens with one attached hydrogen (secondary N) is 1. The first-order chi connectivity index (χ1) is 12.6. The predicted molar refractivity (Wildman–Crippen MR) is 98.8 cm³/mol. The smallest absolute Gasteiger partial charge is 0.253 e. The zero-order chi connectivity index (χ0) is 19.9. The first kappa shape index (κ1) is 19.3. The van der Waals surface area contributed by atoms with Crippen molar-refractivity contribution in [2.75, 3.05) is 0 Å². The van der Waals surface area contributed by atoms with Crippen LogP contribution in [0, 0.1) is 5.82 Å². The number of hydrogen-bond acceptors (Lipinski definition) is 4. The summed E-state index contributed by atoms with van der Waals surface area (Å²) in [6, 6.07) is 7.48. The van der Waals surface area contributed by atoms with Crippen molar-refractivity contribution >= 4 is 23.3 Å². The molecule has 1 unspecified atom stereocenters. The number of carbonyl (C=O) groups is 2. The molecule has 27 heavy (non-hydrogen) atoms. The maximum absolute atomic E-state index is 13.2. The Hall–Kier alpha value is -2.44. The maximum Gasteiger partial charge on any atom is 0.253 e. The summed E-state index contributed by atoms with van der Waals surface area (Å²) in [6.45, 7) is 4.82. The van der Waals surface area contributed by atoms with Crippen molar-refractivity contribution in [3.63, 3.8) is 0 Å². The van der Waals surface area contributed by atoms with Crippen molar-refractivity contribution in [2.24, 2.45) is 0 Å². The molecule has 1 aliphatic heterocycles. The van der Waals surface area contributed by atoms with Crippen molar-refractivity contribution in [1.82, 2.24) is 5.32 Å². The number of ketones is 1. The Morgan fingerprint density at radius 2 is 1.93 bits per heavy atom. The summed E-state index contributed by atoms with van der Waals surface area (Å²) in [6.07, 6.45) is -1.09. The van der Waals surface area contributed by atoms with Gasteiger partial charge in [0.15, 0.2) is 5.78 Å². The van der Waals surface area contributed by atoms with Crippen LogP contribution in [0.5, 0.6) is 5.75 Å². The highest BCUT2D eigenvalue weighted by Crippen LogP contribution is 2.40. The van der Waals surface area contributed by atoms with E-state index in [1.54, 1.807) is 32.0 Å². The molecule has 3 rings (SSSR count). The van der Waals surface area contributed by atoms with Gasteiger partial charge in [0.2, 0.25) is 0 Å². The fourth-order valence-corrected chi connectivity index (χ4v) is 3.32. The monoisotopic (exact) mass is 391 g/mol. The van der Waals surface area contributed by atoms with E-state index in [1.807, 2.05) is 0 Å². The number of amides is 1. The molecule has 1 heterocycles. The summed E-state index contributed by atoms with van der Waals surface area (Å²) in [5.41, 5.74) is 0.0261. The van der Waals surface area contributed by atoms with Gasteiger partial charge in [-0.1, -0.05) is 11.6 Å². The van der Waals surface area contributed by atoms with Crippen LogP contribution in [0.25, 0.3) is 0 Å². The lowest BCUT2D eigenvalue weighted by Crippen LogP contribution is -2.53. The molecule has 0 aromatic heterocycles. The molecule has 142 valence electrons. The van der Waals surface area contributed by atoms with E-state index in [0.717, 1.165) is 12.1 Å². The highest BCUT2D eigenvalue weighted by molar-refractivity contribution is 6.33. The molecule has 2 aromatic rings. The van der Waals surface area contributed by atoms with Crippen LogP contribution >= 0.6 is 11.6 Å². The molecule has 7 heteroatoms. The summed E-state index contributed by atoms with van der Waals surface area (Å²) in [7, 11) is 0. The van der Waals surface area contributed by atoms with Gasteiger partial charge in [-0.25, -0.2) is 4.39 Å². The molecular formula is C20H19ClFNO4. The molecule has 2 atom stereocenters. The SMILES string of the molecule is CC(=O)c1ccc2c(c1)[C@H](NC(=O)c1ccc(F)cc1Cl)C(O)C(C)(C)O2. The van der Waals surface area contributed by atoms with Crippen LogP contribution in [0.1, 0.15) is 53.1 Å². The Kier molecular flexibility index (Phi) is 4.97. The molecule has 1 aliphatic rings. The number of benzene rings is 2. The molecule has 0 aliphatic carbocycles. The average molecular weight is 392 g/mol. The van der Waals surface area contributed by atoms with Crippen molar-refractivity contribution in [2.45, 2.75) is 38.5 Å². The van der Waals surface area contributed by atoms with Gasteiger partial charge in [0.1, 0.15) is 23.3 Å². The highest BCUT2D eigenvalue weighted by atomic mass is 35.5. The predicted octanol–water partition coefficient (Wildman–Crippen LogP) is 3.68. The standard InChI is InChI=1S/C20H19ClFNO4/c1-10(24)11-4-7-16-14(8-11)17(18(25)20(2,3)27-16)23-19(26)13-6-5-12(22)9-15(13)21/h4-9,17-18,25H,1-3H3,(H,23,26)/t17-,18?/m0/s1. The first-order valence-corrected chi connectivity index (χ1v) is 8.76. The van der Waals surface area contributed by atoms with E-state index in [4.69, 9.17) is 16.3 Å². The Morgan fingerprint density at radius 3 is 2.56 bits per heavy atom. The van der Waals surface area contributed by atoms with Gasteiger partial charge in [0, 0.05) is 11.1 Å². The minimum Gasteiger partial charge on any atom is -0.485 e. The molecule has 1 amide bonds. The third-order valence-electron chi connectivity index (χ3n) is 4.61. The lowest BCUT2D eigenvalue weighted by atomic mass is 9.85. The number of carbonyl (C=O) groups excluding carboxylic acids is 2. The zero-order valence-corrected chi connectivity index (χ0v) is 15.8. The molecule has 0 saturated carbocycles. The molecule has 0 bridgehead atoms. The van der Waals surface area contributed by atoms with Crippen LogP contribution < -0.4 is 10.1 Å². The van der Waals surface area contributed by atoms with Crippen molar-refractivity contribution in [3.05, 3.63) is 63.9 Å². The maximum atomic E-state index is 13.2. The van der Waals surface area contributed by atoms with Gasteiger partial charge in [0.05, 0.1) is 16.6 Å². The summed E-state index contributed by atoms with van der Waals surface area (Å²) in [5.74, 6) is -0.809. The second-order valence-corrected chi connectivity index (χ2v) is 7.44. The van der Waals surface area contributed by atoms with Crippen molar-refractivity contribution in [1.29, 1.82) is 0 Å². The minimum absolute atomic E-state index is 0.0361. The Labute approximate surface area is 161 Å². The lowest BCUT2D eigenvalue weighted by molar-refractivity contribution is -0.0627. The molecule has 5 nitrogen and oxygen atoms in total. The number of Topliss-reactive ketones (excluding diaryl/α,β-unsaturated/α-hetero) is 1. The second kappa shape index (κ2) is 6.94. The van der Waals surface area contributed by atoms with Crippen LogP contribution in [0.3, 0.4) is 0 Å². The van der Waals surface area contributed by atoms with Gasteiger partial charge < -0.3 is 15.2 Å². The summed E-state index contributed by atoms with van der Waals surface area (Å²) in [5, 5.41) is 13.5. The quantitative estimate of drug-likeness (QED) is 0.782. The van der Waals surface area contributed by atoms with Crippen molar-refractivity contribution < 1.29 is 23.8 Å². The number of fused-ring (bicyclic) bond motifs is 1. The number of aliphatic hydroxyl groups excluding tert-OH is 1. The van der Waals surface area contributed by atoms with Gasteiger partial charge in [-0.2, -0.15) is 0 Å². The van der Waals surface area contributed by atoms with Gasteiger partial charge in [0.25, 0.3) is 5.91 Å². The van der Waals surface area contributed by atoms with Gasteiger partial charge in [-0.05, 0) is 57.2 Å². The first-order valence-electron chi connectivity index (χ1n) is 8.38. The van der Waals surface area contributed by atoms with Gasteiger partial charge in [-0.3, -0.25) is 9.59 Å². The largest absolute Gasteiger partial charge is 0.485 e. The number of rotatable bonds is 3. The molecule has 2 aromatic carbocycles. The number of hydrogen-bond donors (Lipinski definition) is 2. The number of aliphatic hydroxyl groups is 1. The van der Waals surface area contributed by atoms with Crippen LogP contribution in [0.2, 0.25) is 5.02 Å². The topological polar surface area (TPSA) is 75.6 Å². The van der Waals surface area contributed by atoms with Gasteiger partial charge >= 0.3 is 0 Å². The summed E-state index contributed by atoms with van der Waals surface area (Å²) < 4.78 is 19.1. The van der Waals surface area contributed by atoms with Crippen LogP contribution in [0.15, 0.2) is 36.4 Å². The molecule has 0 fully saturated rings. The summed E-state index contributed by atoms with van der Waals surface area (Å²) >= 11 is 5.97. The van der Waals surface area contributed by atoms with E-state index in [9.17, 15) is 19.1 Å². The fourth-order valence-electron chi connectivity index (χ4n) is 3.07. The van der Waals surface area contributed by atoms with E-state index in [-0.39, 0.29) is 16.4 Å². The molecule has 0 radical (unpaired) electrons. The summed E-state index contributed by atoms with van der Waals surface area (Å²) in [4.78, 5) is 24.4. The second-order valence-electron chi connectivity index (χ2n) is 7.03. The Balaban J connectivity index is 2.01. The van der Waals surface area contributed by atoms with Crippen molar-refractivity contribution in [3.8, 4) is 5.75 Å². The van der Waals surface area contributed by atoms with Gasteiger partial charge in [-0.15, -0.1) is 0 Å². The van der Waals surface area contributed by atoms with Crippen LogP contribution in [-0.2, 0) is 0 Å². The Morgan fingerprint density at radius 1 is 1.22 bits per heavy atom. The van der Waals surface area contributed by atoms with E-state index < -0.39 is 29.5 Å². The molecule has 0 spiro atoms. The molecule has 0 saturated heterocycles. The molecular weight excluding hydrogens is 373 g/mol. The molecule has 2 N–H and O–H groups in total. The fraction of sp³-hybridized carbons (Fsp3) is 0.300. The minimum atomic E-state index is -1.09. The lowest BCUT2D eigenvalue weighted by Gasteiger charge is -2.42. The number of ether oxygens (including phenoxy) is 1. The third kappa shape index (κ3) is 3.68. The van der Waals surface area contributed by atoms with E-state index >= 15 is 0 Å². The Bertz CT molecular complexity index is 928. The van der Waals surface area contributed by atoms with E-state index in [1.165, 1.54) is 13.0 Å².